The molecule has 0 saturated heterocycles. The van der Waals surface area contributed by atoms with Crippen molar-refractivity contribution in [3.63, 3.8) is 0 Å². The van der Waals surface area contributed by atoms with Gasteiger partial charge in [-0.1, -0.05) is 11.6 Å². The molecule has 0 radical (unpaired) electrons. The highest BCUT2D eigenvalue weighted by atomic mass is 127. The lowest BCUT2D eigenvalue weighted by atomic mass is 9.97. The Morgan fingerprint density at radius 2 is 2.22 bits per heavy atom. The maximum atomic E-state index is 13.5. The maximum absolute atomic E-state index is 13.5. The van der Waals surface area contributed by atoms with Crippen LogP contribution in [0.5, 0.6) is 0 Å². The Bertz CT molecular complexity index is 531. The minimum Gasteiger partial charge on any atom is -0.357 e. The molecule has 0 saturated carbocycles. The Morgan fingerprint density at radius 3 is 2.91 bits per heavy atom. The molecule has 1 heterocycles. The second-order valence-electron chi connectivity index (χ2n) is 5.41. The van der Waals surface area contributed by atoms with E-state index in [-0.39, 0.29) is 36.3 Å². The summed E-state index contributed by atoms with van der Waals surface area (Å²) in [6, 6.07) is 3.00. The van der Waals surface area contributed by atoms with Crippen LogP contribution in [0.3, 0.4) is 0 Å². The number of pyridine rings is 1. The van der Waals surface area contributed by atoms with Crippen LogP contribution in [0.4, 0.5) is 4.39 Å². The van der Waals surface area contributed by atoms with Crippen LogP contribution in [-0.4, -0.2) is 24.0 Å². The first-order valence-corrected chi connectivity index (χ1v) is 8.09. The zero-order valence-corrected chi connectivity index (χ0v) is 16.0. The van der Waals surface area contributed by atoms with E-state index in [0.717, 1.165) is 19.5 Å². The number of halogens is 2. The number of nitrogens with zero attached hydrogens (tertiary/aromatic N) is 2. The van der Waals surface area contributed by atoms with E-state index in [1.165, 1.54) is 37.3 Å². The minimum atomic E-state index is -0.311. The molecule has 0 spiro atoms. The van der Waals surface area contributed by atoms with Crippen LogP contribution in [0.2, 0.25) is 0 Å². The predicted molar refractivity (Wildman–Crippen MR) is 104 cm³/mol. The van der Waals surface area contributed by atoms with Crippen molar-refractivity contribution in [3.8, 4) is 0 Å². The van der Waals surface area contributed by atoms with Crippen molar-refractivity contribution in [2.24, 2.45) is 4.99 Å². The molecule has 23 heavy (non-hydrogen) atoms. The largest absolute Gasteiger partial charge is 0.357 e. The molecule has 0 atom stereocenters. The molecule has 2 N–H and O–H groups in total. The van der Waals surface area contributed by atoms with Gasteiger partial charge in [0.25, 0.3) is 0 Å². The fraction of sp³-hybridized carbons (Fsp3) is 0.529. The standard InChI is InChI=1S/C17H25FN4.HI/c1-2-19-17(21-12-10-14-7-4-3-5-8-14)22-13-16-15(18)9-6-11-20-16;/h6-7,9,11H,2-5,8,10,12-13H2,1H3,(H2,19,21,22);1H. The summed E-state index contributed by atoms with van der Waals surface area (Å²) in [5.41, 5.74) is 1.90. The van der Waals surface area contributed by atoms with Crippen molar-refractivity contribution < 1.29 is 4.39 Å². The van der Waals surface area contributed by atoms with Gasteiger partial charge in [-0.3, -0.25) is 4.98 Å². The van der Waals surface area contributed by atoms with Gasteiger partial charge < -0.3 is 10.6 Å². The van der Waals surface area contributed by atoms with Crippen molar-refractivity contribution in [2.45, 2.75) is 45.6 Å². The Labute approximate surface area is 155 Å². The summed E-state index contributed by atoms with van der Waals surface area (Å²) >= 11 is 0. The average Bonchev–Trinajstić information content (AvgIpc) is 2.55. The molecule has 0 amide bonds. The van der Waals surface area contributed by atoms with Crippen LogP contribution in [0.15, 0.2) is 35.0 Å². The highest BCUT2D eigenvalue weighted by Gasteiger charge is 2.05. The van der Waals surface area contributed by atoms with E-state index in [1.807, 2.05) is 6.92 Å². The number of hydrogen-bond acceptors (Lipinski definition) is 2. The zero-order chi connectivity index (χ0) is 15.6. The van der Waals surface area contributed by atoms with Gasteiger partial charge in [0.15, 0.2) is 5.96 Å². The number of hydrogen-bond donors (Lipinski definition) is 2. The number of guanidine groups is 1. The van der Waals surface area contributed by atoms with E-state index in [9.17, 15) is 4.39 Å². The van der Waals surface area contributed by atoms with Crippen LogP contribution in [0, 0.1) is 5.82 Å². The summed E-state index contributed by atoms with van der Waals surface area (Å²) < 4.78 is 13.5. The normalized spacial score (nSPS) is 14.7. The molecule has 4 nitrogen and oxygen atoms in total. The molecule has 0 aromatic carbocycles. The van der Waals surface area contributed by atoms with Gasteiger partial charge in [0.05, 0.1) is 12.2 Å². The molecule has 1 aromatic rings. The van der Waals surface area contributed by atoms with E-state index in [2.05, 4.69) is 26.7 Å². The van der Waals surface area contributed by atoms with Crippen molar-refractivity contribution >= 4 is 29.9 Å². The first kappa shape index (κ1) is 19.9. The van der Waals surface area contributed by atoms with Crippen LogP contribution in [0.25, 0.3) is 0 Å². The van der Waals surface area contributed by atoms with E-state index >= 15 is 0 Å². The van der Waals surface area contributed by atoms with Crippen molar-refractivity contribution in [1.29, 1.82) is 0 Å². The smallest absolute Gasteiger partial charge is 0.191 e. The first-order valence-electron chi connectivity index (χ1n) is 8.09. The van der Waals surface area contributed by atoms with Crippen molar-refractivity contribution in [1.82, 2.24) is 15.6 Å². The average molecular weight is 432 g/mol. The van der Waals surface area contributed by atoms with Gasteiger partial charge >= 0.3 is 0 Å². The lowest BCUT2D eigenvalue weighted by Crippen LogP contribution is -2.37. The van der Waals surface area contributed by atoms with Gasteiger partial charge in [-0.2, -0.15) is 0 Å². The van der Waals surface area contributed by atoms with Crippen molar-refractivity contribution in [3.05, 3.63) is 41.5 Å². The molecule has 1 aromatic heterocycles. The molecule has 0 aliphatic heterocycles. The number of aromatic nitrogens is 1. The second-order valence-corrected chi connectivity index (χ2v) is 5.41. The molecule has 2 rings (SSSR count). The molecule has 0 unspecified atom stereocenters. The van der Waals surface area contributed by atoms with Crippen LogP contribution in [0.1, 0.15) is 44.7 Å². The Hall–Kier alpha value is -1.18. The molecule has 128 valence electrons. The van der Waals surface area contributed by atoms with Crippen LogP contribution < -0.4 is 10.6 Å². The summed E-state index contributed by atoms with van der Waals surface area (Å²) in [6.07, 6.45) is 10.0. The lowest BCUT2D eigenvalue weighted by molar-refractivity contribution is 0.599. The van der Waals surface area contributed by atoms with Gasteiger partial charge in [-0.05, 0) is 51.2 Å². The molecular weight excluding hydrogens is 406 g/mol. The van der Waals surface area contributed by atoms with Crippen LogP contribution in [-0.2, 0) is 6.54 Å². The minimum absolute atomic E-state index is 0. The quantitative estimate of drug-likeness (QED) is 0.311. The third kappa shape index (κ3) is 7.28. The first-order chi connectivity index (χ1) is 10.8. The number of rotatable bonds is 6. The molecule has 1 aliphatic carbocycles. The number of nitrogens with one attached hydrogen (secondary N) is 2. The number of allylic oxidation sites excluding steroid dienone is 1. The Balaban J connectivity index is 0.00000264. The molecule has 6 heteroatoms. The van der Waals surface area contributed by atoms with Gasteiger partial charge in [-0.25, -0.2) is 9.38 Å². The van der Waals surface area contributed by atoms with Gasteiger partial charge in [-0.15, -0.1) is 24.0 Å². The van der Waals surface area contributed by atoms with E-state index in [1.54, 1.807) is 12.3 Å². The summed E-state index contributed by atoms with van der Waals surface area (Å²) in [5, 5.41) is 6.48. The van der Waals surface area contributed by atoms with Crippen molar-refractivity contribution in [2.75, 3.05) is 13.1 Å². The topological polar surface area (TPSA) is 49.3 Å². The SMILES string of the molecule is CCNC(=NCc1ncccc1F)NCCC1=CCCCC1.I. The third-order valence-electron chi connectivity index (χ3n) is 3.69. The predicted octanol–water partition coefficient (Wildman–Crippen LogP) is 3.78. The molecule has 0 fully saturated rings. The fourth-order valence-electron chi connectivity index (χ4n) is 2.50. The third-order valence-corrected chi connectivity index (χ3v) is 3.69. The second kappa shape index (κ2) is 11.4. The summed E-state index contributed by atoms with van der Waals surface area (Å²) in [6.45, 7) is 3.88. The Morgan fingerprint density at radius 1 is 1.35 bits per heavy atom. The van der Waals surface area contributed by atoms with Gasteiger partial charge in [0, 0.05) is 19.3 Å². The van der Waals surface area contributed by atoms with Gasteiger partial charge in [0.2, 0.25) is 0 Å². The maximum Gasteiger partial charge on any atom is 0.191 e. The zero-order valence-electron chi connectivity index (χ0n) is 13.6. The van der Waals surface area contributed by atoms with Gasteiger partial charge in [0.1, 0.15) is 5.82 Å². The number of aliphatic imine (C=N–C) groups is 1. The lowest BCUT2D eigenvalue weighted by Gasteiger charge is -2.15. The molecule has 1 aliphatic rings. The summed E-state index contributed by atoms with van der Waals surface area (Å²) in [7, 11) is 0. The molecular formula is C17H26FIN4. The molecule has 0 bridgehead atoms. The monoisotopic (exact) mass is 432 g/mol. The Kier molecular flexibility index (Phi) is 9.82. The van der Waals surface area contributed by atoms with E-state index in [0.29, 0.717) is 11.7 Å². The summed E-state index contributed by atoms with van der Waals surface area (Å²) in [5.74, 6) is 0.401. The van der Waals surface area contributed by atoms with E-state index < -0.39 is 0 Å². The van der Waals surface area contributed by atoms with Crippen LogP contribution >= 0.6 is 24.0 Å². The highest BCUT2D eigenvalue weighted by Crippen LogP contribution is 2.19. The summed E-state index contributed by atoms with van der Waals surface area (Å²) in [4.78, 5) is 8.42. The highest BCUT2D eigenvalue weighted by molar-refractivity contribution is 14.0. The fourth-order valence-corrected chi connectivity index (χ4v) is 2.50. The van der Waals surface area contributed by atoms with E-state index in [4.69, 9.17) is 0 Å².